The summed E-state index contributed by atoms with van der Waals surface area (Å²) in [4.78, 5) is 24.2. The summed E-state index contributed by atoms with van der Waals surface area (Å²) in [7, 11) is 0. The quantitative estimate of drug-likeness (QED) is 0.596. The van der Waals surface area contributed by atoms with Gasteiger partial charge in [0.2, 0.25) is 5.91 Å². The summed E-state index contributed by atoms with van der Waals surface area (Å²) in [5, 5.41) is 8.81. The van der Waals surface area contributed by atoms with Gasteiger partial charge in [0.1, 0.15) is 5.75 Å². The third kappa shape index (κ3) is 6.87. The smallest absolute Gasteiger partial charge is 0.255 e. The van der Waals surface area contributed by atoms with Crippen LogP contribution in [0.3, 0.4) is 0 Å². The number of amides is 2. The number of anilines is 2. The molecule has 7 heteroatoms. The number of hydrogen-bond acceptors (Lipinski definition) is 4. The van der Waals surface area contributed by atoms with E-state index in [4.69, 9.17) is 4.74 Å². The average molecular weight is 404 g/mol. The Labute approximate surface area is 171 Å². The van der Waals surface area contributed by atoms with E-state index < -0.39 is 0 Å². The molecule has 2 amide bonds. The van der Waals surface area contributed by atoms with Crippen LogP contribution in [-0.2, 0) is 4.79 Å². The molecule has 0 saturated heterocycles. The molecule has 3 rings (SSSR count). The van der Waals surface area contributed by atoms with Crippen LogP contribution in [0.5, 0.6) is 5.75 Å². The minimum Gasteiger partial charge on any atom is -0.494 e. The first-order valence-electron chi connectivity index (χ1n) is 9.29. The van der Waals surface area contributed by atoms with Crippen LogP contribution in [0, 0.1) is 5.92 Å². The minimum atomic E-state index is -0.205. The van der Waals surface area contributed by atoms with Gasteiger partial charge >= 0.3 is 0 Å². The molecule has 150 valence electrons. The molecule has 0 radical (unpaired) electrons. The fourth-order valence-electron chi connectivity index (χ4n) is 2.63. The van der Waals surface area contributed by atoms with Crippen LogP contribution in [0.4, 0.5) is 11.4 Å². The fraction of sp³-hybridized carbons (Fsp3) is 0.333. The number of nitrogens with one attached hydrogen (secondary N) is 3. The van der Waals surface area contributed by atoms with Gasteiger partial charge in [0.05, 0.1) is 13.2 Å². The van der Waals surface area contributed by atoms with Crippen LogP contribution >= 0.6 is 12.4 Å². The monoisotopic (exact) mass is 403 g/mol. The van der Waals surface area contributed by atoms with Crippen molar-refractivity contribution in [3.63, 3.8) is 0 Å². The molecule has 2 aromatic rings. The van der Waals surface area contributed by atoms with Gasteiger partial charge in [-0.3, -0.25) is 9.59 Å². The van der Waals surface area contributed by atoms with Gasteiger partial charge in [-0.1, -0.05) is 0 Å². The lowest BCUT2D eigenvalue weighted by atomic mass is 10.2. The number of rotatable bonds is 9. The van der Waals surface area contributed by atoms with E-state index in [9.17, 15) is 9.59 Å². The van der Waals surface area contributed by atoms with Gasteiger partial charge in [-0.25, -0.2) is 0 Å². The van der Waals surface area contributed by atoms with E-state index in [1.54, 1.807) is 36.4 Å². The number of carbonyl (C=O) groups is 2. The van der Waals surface area contributed by atoms with Crippen LogP contribution < -0.4 is 20.7 Å². The standard InChI is InChI=1S/C21H25N3O3.ClH/c1-2-27-19-11-9-18(10-12-19)24-21(26)16-5-7-17(8-6-16)23-20(25)14-22-13-15-3-4-15;/h5-12,15,22H,2-4,13-14H2,1H3,(H,23,25)(H,24,26);1H. The van der Waals surface area contributed by atoms with Crippen molar-refractivity contribution < 1.29 is 14.3 Å². The third-order valence-corrected chi connectivity index (χ3v) is 4.27. The molecule has 0 bridgehead atoms. The molecule has 3 N–H and O–H groups in total. The van der Waals surface area contributed by atoms with Crippen molar-refractivity contribution in [2.45, 2.75) is 19.8 Å². The van der Waals surface area contributed by atoms with Gasteiger partial charge < -0.3 is 20.7 Å². The van der Waals surface area contributed by atoms with Crippen LogP contribution in [-0.4, -0.2) is 31.5 Å². The normalized spacial score (nSPS) is 12.6. The highest BCUT2D eigenvalue weighted by atomic mass is 35.5. The Morgan fingerprint density at radius 2 is 1.57 bits per heavy atom. The van der Waals surface area contributed by atoms with Crippen LogP contribution in [0.1, 0.15) is 30.1 Å². The van der Waals surface area contributed by atoms with Gasteiger partial charge in [-0.2, -0.15) is 0 Å². The van der Waals surface area contributed by atoms with Gasteiger partial charge in [-0.05, 0) is 80.8 Å². The highest BCUT2D eigenvalue weighted by Gasteiger charge is 2.20. The first-order valence-corrected chi connectivity index (χ1v) is 9.29. The Kier molecular flexibility index (Phi) is 8.29. The van der Waals surface area contributed by atoms with E-state index in [1.807, 2.05) is 19.1 Å². The van der Waals surface area contributed by atoms with Crippen molar-refractivity contribution in [2.75, 3.05) is 30.3 Å². The number of benzene rings is 2. The zero-order chi connectivity index (χ0) is 19.1. The summed E-state index contributed by atoms with van der Waals surface area (Å²) in [5.74, 6) is 1.22. The molecule has 1 aliphatic carbocycles. The maximum Gasteiger partial charge on any atom is 0.255 e. The van der Waals surface area contributed by atoms with Gasteiger partial charge in [0, 0.05) is 16.9 Å². The highest BCUT2D eigenvalue weighted by molar-refractivity contribution is 6.04. The lowest BCUT2D eigenvalue weighted by Gasteiger charge is -2.09. The Hall–Kier alpha value is -2.57. The second-order valence-electron chi connectivity index (χ2n) is 6.61. The molecule has 6 nitrogen and oxygen atoms in total. The van der Waals surface area contributed by atoms with Gasteiger partial charge in [0.15, 0.2) is 0 Å². The lowest BCUT2D eigenvalue weighted by molar-refractivity contribution is -0.115. The first-order chi connectivity index (χ1) is 13.1. The molecule has 0 unspecified atom stereocenters. The lowest BCUT2D eigenvalue weighted by Crippen LogP contribution is -2.29. The second-order valence-corrected chi connectivity index (χ2v) is 6.61. The molecule has 2 aromatic carbocycles. The van der Waals surface area contributed by atoms with E-state index in [0.717, 1.165) is 18.2 Å². The van der Waals surface area contributed by atoms with E-state index in [1.165, 1.54) is 12.8 Å². The Morgan fingerprint density at radius 3 is 2.18 bits per heavy atom. The summed E-state index contributed by atoms with van der Waals surface area (Å²) >= 11 is 0. The second kappa shape index (κ2) is 10.7. The summed E-state index contributed by atoms with van der Waals surface area (Å²) in [5.41, 5.74) is 1.89. The maximum atomic E-state index is 12.3. The zero-order valence-corrected chi connectivity index (χ0v) is 16.7. The maximum absolute atomic E-state index is 12.3. The number of ether oxygens (including phenoxy) is 1. The largest absolute Gasteiger partial charge is 0.494 e. The summed E-state index contributed by atoms with van der Waals surface area (Å²) < 4.78 is 5.38. The Morgan fingerprint density at radius 1 is 0.964 bits per heavy atom. The Balaban J connectivity index is 0.00000280. The fourth-order valence-corrected chi connectivity index (χ4v) is 2.63. The van der Waals surface area contributed by atoms with Gasteiger partial charge in [0.25, 0.3) is 5.91 Å². The van der Waals surface area contributed by atoms with E-state index in [2.05, 4.69) is 16.0 Å². The molecule has 0 heterocycles. The molecular formula is C21H26ClN3O3. The summed E-state index contributed by atoms with van der Waals surface area (Å²) in [6.45, 7) is 3.73. The predicted octanol–water partition coefficient (Wildman–Crippen LogP) is 3.70. The molecule has 1 aliphatic rings. The molecule has 28 heavy (non-hydrogen) atoms. The van der Waals surface area contributed by atoms with Crippen LogP contribution in [0.15, 0.2) is 48.5 Å². The number of carbonyl (C=O) groups excluding carboxylic acids is 2. The van der Waals surface area contributed by atoms with E-state index in [-0.39, 0.29) is 24.2 Å². The first kappa shape index (κ1) is 21.7. The highest BCUT2D eigenvalue weighted by Crippen LogP contribution is 2.27. The Bertz CT molecular complexity index is 774. The molecule has 0 aromatic heterocycles. The van der Waals surface area contributed by atoms with E-state index in [0.29, 0.717) is 30.1 Å². The molecule has 1 saturated carbocycles. The molecule has 0 aliphatic heterocycles. The number of hydrogen-bond donors (Lipinski definition) is 3. The number of halogens is 1. The summed E-state index contributed by atoms with van der Waals surface area (Å²) in [6.07, 6.45) is 2.52. The third-order valence-electron chi connectivity index (χ3n) is 4.27. The molecule has 0 atom stereocenters. The van der Waals surface area contributed by atoms with Gasteiger partial charge in [-0.15, -0.1) is 12.4 Å². The molecule has 0 spiro atoms. The van der Waals surface area contributed by atoms with Crippen molar-refractivity contribution >= 4 is 35.6 Å². The van der Waals surface area contributed by atoms with Crippen molar-refractivity contribution in [3.8, 4) is 5.75 Å². The molecule has 1 fully saturated rings. The predicted molar refractivity (Wildman–Crippen MR) is 113 cm³/mol. The molecular weight excluding hydrogens is 378 g/mol. The topological polar surface area (TPSA) is 79.5 Å². The minimum absolute atomic E-state index is 0. The zero-order valence-electron chi connectivity index (χ0n) is 15.9. The van der Waals surface area contributed by atoms with Crippen LogP contribution in [0.25, 0.3) is 0 Å². The average Bonchev–Trinajstić information content (AvgIpc) is 3.48. The SMILES string of the molecule is CCOc1ccc(NC(=O)c2ccc(NC(=O)CNCC3CC3)cc2)cc1.Cl. The van der Waals surface area contributed by atoms with Crippen LogP contribution in [0.2, 0.25) is 0 Å². The van der Waals surface area contributed by atoms with Crippen molar-refractivity contribution in [2.24, 2.45) is 5.92 Å². The van der Waals surface area contributed by atoms with Crippen molar-refractivity contribution in [1.29, 1.82) is 0 Å². The summed E-state index contributed by atoms with van der Waals surface area (Å²) in [6, 6.07) is 14.1. The van der Waals surface area contributed by atoms with E-state index >= 15 is 0 Å². The van der Waals surface area contributed by atoms with Crippen molar-refractivity contribution in [3.05, 3.63) is 54.1 Å². The van der Waals surface area contributed by atoms with Crippen molar-refractivity contribution in [1.82, 2.24) is 5.32 Å².